The molecule has 4 heteroatoms. The van der Waals surface area contributed by atoms with Crippen molar-refractivity contribution in [2.75, 3.05) is 31.1 Å². The van der Waals surface area contributed by atoms with Gasteiger partial charge < -0.3 is 4.90 Å². The van der Waals surface area contributed by atoms with Crippen molar-refractivity contribution in [1.29, 1.82) is 0 Å². The van der Waals surface area contributed by atoms with Crippen molar-refractivity contribution in [3.8, 4) is 0 Å². The number of hydrogen-bond donors (Lipinski definition) is 0. The fraction of sp³-hybridized carbons (Fsp3) is 0.467. The Hall–Kier alpha value is -1.68. The van der Waals surface area contributed by atoms with Crippen LogP contribution < -0.4 is 4.90 Å². The molecule has 19 heavy (non-hydrogen) atoms. The molecule has 0 N–H and O–H groups in total. The molecule has 3 heterocycles. The number of fused-ring (bicyclic) bond motifs is 2. The van der Waals surface area contributed by atoms with Gasteiger partial charge in [-0.3, -0.25) is 9.88 Å². The summed E-state index contributed by atoms with van der Waals surface area (Å²) in [4.78, 5) is 14.3. The van der Waals surface area contributed by atoms with Crippen LogP contribution in [0.3, 0.4) is 0 Å². The zero-order chi connectivity index (χ0) is 12.7. The summed E-state index contributed by atoms with van der Waals surface area (Å²) in [5.74, 6) is 1.03. The van der Waals surface area contributed by atoms with Gasteiger partial charge >= 0.3 is 0 Å². The summed E-state index contributed by atoms with van der Waals surface area (Å²) in [6, 6.07) is 8.81. The van der Waals surface area contributed by atoms with Crippen LogP contribution in [0.4, 0.5) is 5.82 Å². The standard InChI is InChI=1S/C15H18N4/c1-2-6-14-13(5-1)16-10-15(17-14)19-9-8-18-7-3-4-12(18)11-19/h1-2,5-6,10,12H,3-4,7-9,11H2. The van der Waals surface area contributed by atoms with Crippen LogP contribution in [-0.4, -0.2) is 47.1 Å². The van der Waals surface area contributed by atoms with Gasteiger partial charge in [0.1, 0.15) is 5.82 Å². The van der Waals surface area contributed by atoms with E-state index in [9.17, 15) is 0 Å². The van der Waals surface area contributed by atoms with Crippen molar-refractivity contribution >= 4 is 16.9 Å². The fourth-order valence-corrected chi connectivity index (χ4v) is 3.30. The van der Waals surface area contributed by atoms with E-state index in [1.165, 1.54) is 25.9 Å². The minimum Gasteiger partial charge on any atom is -0.352 e. The maximum absolute atomic E-state index is 4.76. The molecule has 1 aromatic carbocycles. The van der Waals surface area contributed by atoms with Crippen molar-refractivity contribution in [2.24, 2.45) is 0 Å². The highest BCUT2D eigenvalue weighted by Gasteiger charge is 2.31. The number of hydrogen-bond acceptors (Lipinski definition) is 4. The Labute approximate surface area is 113 Å². The second kappa shape index (κ2) is 4.46. The third-order valence-corrected chi connectivity index (χ3v) is 4.35. The van der Waals surface area contributed by atoms with Crippen LogP contribution in [-0.2, 0) is 0 Å². The van der Waals surface area contributed by atoms with Gasteiger partial charge in [-0.25, -0.2) is 4.98 Å². The molecule has 0 radical (unpaired) electrons. The van der Waals surface area contributed by atoms with Crippen LogP contribution in [0.25, 0.3) is 11.0 Å². The van der Waals surface area contributed by atoms with E-state index < -0.39 is 0 Å². The van der Waals surface area contributed by atoms with Gasteiger partial charge in [0.25, 0.3) is 0 Å². The normalized spacial score (nSPS) is 23.8. The smallest absolute Gasteiger partial charge is 0.147 e. The number of para-hydroxylation sites is 2. The van der Waals surface area contributed by atoms with E-state index >= 15 is 0 Å². The molecule has 98 valence electrons. The van der Waals surface area contributed by atoms with Crippen LogP contribution in [0.15, 0.2) is 30.5 Å². The van der Waals surface area contributed by atoms with Gasteiger partial charge in [-0.05, 0) is 31.5 Å². The van der Waals surface area contributed by atoms with E-state index in [0.717, 1.165) is 36.0 Å². The van der Waals surface area contributed by atoms with Crippen molar-refractivity contribution in [1.82, 2.24) is 14.9 Å². The minimum absolute atomic E-state index is 0.724. The first-order chi connectivity index (χ1) is 9.40. The lowest BCUT2D eigenvalue weighted by Crippen LogP contribution is -2.50. The van der Waals surface area contributed by atoms with E-state index in [0.29, 0.717) is 0 Å². The zero-order valence-corrected chi connectivity index (χ0v) is 11.0. The van der Waals surface area contributed by atoms with E-state index in [-0.39, 0.29) is 0 Å². The van der Waals surface area contributed by atoms with Gasteiger partial charge in [-0.15, -0.1) is 0 Å². The first kappa shape index (κ1) is 11.2. The Morgan fingerprint density at radius 3 is 2.89 bits per heavy atom. The van der Waals surface area contributed by atoms with Crippen LogP contribution in [0.5, 0.6) is 0 Å². The number of nitrogens with zero attached hydrogens (tertiary/aromatic N) is 4. The van der Waals surface area contributed by atoms with Crippen molar-refractivity contribution in [3.63, 3.8) is 0 Å². The first-order valence-corrected chi connectivity index (χ1v) is 7.11. The summed E-state index contributed by atoms with van der Waals surface area (Å²) in [5, 5.41) is 0. The fourth-order valence-electron chi connectivity index (χ4n) is 3.30. The number of rotatable bonds is 1. The van der Waals surface area contributed by atoms with Gasteiger partial charge in [-0.2, -0.15) is 0 Å². The monoisotopic (exact) mass is 254 g/mol. The summed E-state index contributed by atoms with van der Waals surface area (Å²) in [5.41, 5.74) is 1.97. The second-order valence-corrected chi connectivity index (χ2v) is 5.49. The number of anilines is 1. The topological polar surface area (TPSA) is 32.3 Å². The summed E-state index contributed by atoms with van der Waals surface area (Å²) in [6.07, 6.45) is 4.60. The zero-order valence-electron chi connectivity index (χ0n) is 11.0. The highest BCUT2D eigenvalue weighted by molar-refractivity contribution is 5.75. The summed E-state index contributed by atoms with van der Waals surface area (Å²) in [7, 11) is 0. The molecular weight excluding hydrogens is 236 g/mol. The molecule has 1 unspecified atom stereocenters. The third kappa shape index (κ3) is 1.96. The number of aromatic nitrogens is 2. The molecule has 0 bridgehead atoms. The van der Waals surface area contributed by atoms with Gasteiger partial charge in [-0.1, -0.05) is 12.1 Å². The molecule has 4 nitrogen and oxygen atoms in total. The Bertz CT molecular complexity index is 597. The molecule has 2 aliphatic rings. The molecule has 2 saturated heterocycles. The van der Waals surface area contributed by atoms with Crippen molar-refractivity contribution in [2.45, 2.75) is 18.9 Å². The predicted octanol–water partition coefficient (Wildman–Crippen LogP) is 1.91. The lowest BCUT2D eigenvalue weighted by Gasteiger charge is -2.38. The molecule has 0 aliphatic carbocycles. The summed E-state index contributed by atoms with van der Waals surface area (Å²) in [6.45, 7) is 4.62. The molecule has 1 aromatic heterocycles. The Kier molecular flexibility index (Phi) is 2.62. The Morgan fingerprint density at radius 1 is 1.05 bits per heavy atom. The van der Waals surface area contributed by atoms with E-state index in [2.05, 4.69) is 14.8 Å². The average Bonchev–Trinajstić information content (AvgIpc) is 2.94. The Balaban J connectivity index is 1.63. The van der Waals surface area contributed by atoms with Crippen LogP contribution in [0.1, 0.15) is 12.8 Å². The highest BCUT2D eigenvalue weighted by Crippen LogP contribution is 2.24. The molecule has 0 saturated carbocycles. The van der Waals surface area contributed by atoms with E-state index in [1.54, 1.807) is 0 Å². The largest absolute Gasteiger partial charge is 0.352 e. The molecule has 4 rings (SSSR count). The first-order valence-electron chi connectivity index (χ1n) is 7.11. The van der Waals surface area contributed by atoms with Crippen LogP contribution in [0, 0.1) is 0 Å². The van der Waals surface area contributed by atoms with E-state index in [4.69, 9.17) is 4.98 Å². The average molecular weight is 254 g/mol. The third-order valence-electron chi connectivity index (χ3n) is 4.35. The quantitative estimate of drug-likeness (QED) is 0.778. The number of benzene rings is 1. The van der Waals surface area contributed by atoms with Gasteiger partial charge in [0.2, 0.25) is 0 Å². The lowest BCUT2D eigenvalue weighted by atomic mass is 10.1. The molecule has 2 fully saturated rings. The van der Waals surface area contributed by atoms with Gasteiger partial charge in [0, 0.05) is 25.7 Å². The minimum atomic E-state index is 0.724. The van der Waals surface area contributed by atoms with Gasteiger partial charge in [0.05, 0.1) is 17.2 Å². The maximum atomic E-state index is 4.76. The molecule has 0 amide bonds. The maximum Gasteiger partial charge on any atom is 0.147 e. The number of piperazine rings is 1. The van der Waals surface area contributed by atoms with Crippen LogP contribution >= 0.6 is 0 Å². The summed E-state index contributed by atoms with van der Waals surface area (Å²) >= 11 is 0. The molecule has 2 aliphatic heterocycles. The van der Waals surface area contributed by atoms with E-state index in [1.807, 2.05) is 30.5 Å². The second-order valence-electron chi connectivity index (χ2n) is 5.49. The highest BCUT2D eigenvalue weighted by atomic mass is 15.3. The lowest BCUT2D eigenvalue weighted by molar-refractivity contribution is 0.230. The predicted molar refractivity (Wildman–Crippen MR) is 76.3 cm³/mol. The van der Waals surface area contributed by atoms with Crippen molar-refractivity contribution in [3.05, 3.63) is 30.5 Å². The van der Waals surface area contributed by atoms with Gasteiger partial charge in [0.15, 0.2) is 0 Å². The van der Waals surface area contributed by atoms with Crippen molar-refractivity contribution < 1.29 is 0 Å². The summed E-state index contributed by atoms with van der Waals surface area (Å²) < 4.78 is 0. The SMILES string of the molecule is c1ccc2nc(N3CCN4CCCC4C3)cnc2c1. The molecular formula is C15H18N4. The Morgan fingerprint density at radius 2 is 1.95 bits per heavy atom. The molecule has 2 aromatic rings. The molecule has 1 atom stereocenters. The molecule has 0 spiro atoms. The van der Waals surface area contributed by atoms with Crippen LogP contribution in [0.2, 0.25) is 0 Å².